The quantitative estimate of drug-likeness (QED) is 0.795. The summed E-state index contributed by atoms with van der Waals surface area (Å²) in [6, 6.07) is 7.15. The Morgan fingerprint density at radius 2 is 1.74 bits per heavy atom. The lowest BCUT2D eigenvalue weighted by molar-refractivity contribution is 0.161. The van der Waals surface area contributed by atoms with Crippen LogP contribution in [0.4, 0.5) is 0 Å². The van der Waals surface area contributed by atoms with Gasteiger partial charge in [-0.15, -0.1) is 0 Å². The van der Waals surface area contributed by atoms with Crippen LogP contribution in [0.5, 0.6) is 0 Å². The zero-order valence-electron chi connectivity index (χ0n) is 13.8. The number of allylic oxidation sites excluding steroid dienone is 2. The van der Waals surface area contributed by atoms with Crippen LogP contribution in [0.3, 0.4) is 0 Å². The van der Waals surface area contributed by atoms with Crippen LogP contribution in [-0.2, 0) is 10.0 Å². The molecule has 2 aliphatic rings. The fourth-order valence-corrected chi connectivity index (χ4v) is 4.82. The van der Waals surface area contributed by atoms with Gasteiger partial charge in [0.1, 0.15) is 0 Å². The third-order valence-electron chi connectivity index (χ3n) is 4.88. The Kier molecular flexibility index (Phi) is 5.19. The molecule has 1 aliphatic carbocycles. The standard InChI is InChI=1S/C18H26N2O2S/c1-16-7-9-18(10-8-16)23(21,22)20-13-11-19(12-14-20)15-17-5-3-2-4-6-17/h2-3,7-10,17H,4-6,11-15H2,1H3/t17-/m1/s1. The maximum absolute atomic E-state index is 12.7. The molecule has 1 atom stereocenters. The smallest absolute Gasteiger partial charge is 0.243 e. The summed E-state index contributed by atoms with van der Waals surface area (Å²) in [6.45, 7) is 5.94. The molecule has 1 heterocycles. The van der Waals surface area contributed by atoms with Gasteiger partial charge in [0.25, 0.3) is 0 Å². The van der Waals surface area contributed by atoms with Crippen LogP contribution in [0, 0.1) is 12.8 Å². The van der Waals surface area contributed by atoms with E-state index >= 15 is 0 Å². The predicted octanol–water partition coefficient (Wildman–Crippen LogP) is 2.66. The lowest BCUT2D eigenvalue weighted by Gasteiger charge is -2.36. The Hall–Kier alpha value is -1.17. The highest BCUT2D eigenvalue weighted by Gasteiger charge is 2.29. The summed E-state index contributed by atoms with van der Waals surface area (Å²) >= 11 is 0. The average Bonchev–Trinajstić information content (AvgIpc) is 2.57. The summed E-state index contributed by atoms with van der Waals surface area (Å²) in [6.07, 6.45) is 8.17. The molecule has 0 radical (unpaired) electrons. The first-order valence-electron chi connectivity index (χ1n) is 8.50. The van der Waals surface area contributed by atoms with E-state index in [1.807, 2.05) is 19.1 Å². The van der Waals surface area contributed by atoms with Gasteiger partial charge < -0.3 is 4.90 Å². The first-order valence-corrected chi connectivity index (χ1v) is 9.94. The van der Waals surface area contributed by atoms with E-state index in [-0.39, 0.29) is 0 Å². The number of aryl methyl sites for hydroxylation is 1. The Morgan fingerprint density at radius 1 is 1.04 bits per heavy atom. The fraction of sp³-hybridized carbons (Fsp3) is 0.556. The van der Waals surface area contributed by atoms with Crippen LogP contribution >= 0.6 is 0 Å². The molecule has 1 aliphatic heterocycles. The van der Waals surface area contributed by atoms with E-state index in [4.69, 9.17) is 0 Å². The second-order valence-electron chi connectivity index (χ2n) is 6.67. The predicted molar refractivity (Wildman–Crippen MR) is 92.9 cm³/mol. The largest absolute Gasteiger partial charge is 0.300 e. The summed E-state index contributed by atoms with van der Waals surface area (Å²) in [5, 5.41) is 0. The van der Waals surface area contributed by atoms with Crippen LogP contribution in [0.15, 0.2) is 41.3 Å². The molecule has 1 fully saturated rings. The second-order valence-corrected chi connectivity index (χ2v) is 8.61. The molecule has 0 amide bonds. The molecule has 0 N–H and O–H groups in total. The maximum atomic E-state index is 12.7. The van der Waals surface area contributed by atoms with Crippen molar-refractivity contribution in [2.75, 3.05) is 32.7 Å². The van der Waals surface area contributed by atoms with E-state index in [0.717, 1.165) is 31.1 Å². The maximum Gasteiger partial charge on any atom is 0.243 e. The third kappa shape index (κ3) is 4.03. The molecule has 1 aromatic rings. The van der Waals surface area contributed by atoms with E-state index in [2.05, 4.69) is 17.1 Å². The minimum atomic E-state index is -3.34. The van der Waals surface area contributed by atoms with E-state index < -0.39 is 10.0 Å². The summed E-state index contributed by atoms with van der Waals surface area (Å²) < 4.78 is 27.0. The summed E-state index contributed by atoms with van der Waals surface area (Å²) in [7, 11) is -3.34. The van der Waals surface area contributed by atoms with Gasteiger partial charge in [0.05, 0.1) is 4.90 Å². The molecule has 3 rings (SSSR count). The second kappa shape index (κ2) is 7.16. The summed E-state index contributed by atoms with van der Waals surface area (Å²) in [5.74, 6) is 0.736. The average molecular weight is 334 g/mol. The molecule has 1 aromatic carbocycles. The molecule has 0 unspecified atom stereocenters. The van der Waals surface area contributed by atoms with Gasteiger partial charge in [-0.05, 0) is 44.2 Å². The Balaban J connectivity index is 1.57. The number of benzene rings is 1. The first-order chi connectivity index (χ1) is 11.1. The van der Waals surface area contributed by atoms with Gasteiger partial charge in [0.15, 0.2) is 0 Å². The monoisotopic (exact) mass is 334 g/mol. The summed E-state index contributed by atoms with van der Waals surface area (Å²) in [4.78, 5) is 2.83. The molecule has 1 saturated heterocycles. The van der Waals surface area contributed by atoms with Crippen molar-refractivity contribution in [3.05, 3.63) is 42.0 Å². The van der Waals surface area contributed by atoms with Crippen molar-refractivity contribution in [1.29, 1.82) is 0 Å². The van der Waals surface area contributed by atoms with E-state index in [1.54, 1.807) is 16.4 Å². The van der Waals surface area contributed by atoms with Crippen molar-refractivity contribution < 1.29 is 8.42 Å². The van der Waals surface area contributed by atoms with Crippen molar-refractivity contribution in [3.8, 4) is 0 Å². The van der Waals surface area contributed by atoms with Crippen LogP contribution in [0.25, 0.3) is 0 Å². The van der Waals surface area contributed by atoms with Gasteiger partial charge in [0, 0.05) is 32.7 Å². The lowest BCUT2D eigenvalue weighted by atomic mass is 9.94. The Bertz CT molecular complexity index is 644. The highest BCUT2D eigenvalue weighted by atomic mass is 32.2. The van der Waals surface area contributed by atoms with Crippen LogP contribution in [0.1, 0.15) is 24.8 Å². The van der Waals surface area contributed by atoms with Gasteiger partial charge in [-0.25, -0.2) is 8.42 Å². The molecule has 0 spiro atoms. The number of piperazine rings is 1. The highest BCUT2D eigenvalue weighted by Crippen LogP contribution is 2.22. The molecule has 23 heavy (non-hydrogen) atoms. The highest BCUT2D eigenvalue weighted by molar-refractivity contribution is 7.89. The van der Waals surface area contributed by atoms with E-state index in [1.165, 1.54) is 19.3 Å². The van der Waals surface area contributed by atoms with Gasteiger partial charge in [-0.2, -0.15) is 4.31 Å². The topological polar surface area (TPSA) is 40.6 Å². The molecule has 0 saturated carbocycles. The van der Waals surface area contributed by atoms with Crippen molar-refractivity contribution in [2.24, 2.45) is 5.92 Å². The molecule has 4 nitrogen and oxygen atoms in total. The normalized spacial score (nSPS) is 24.0. The van der Waals surface area contributed by atoms with E-state index in [0.29, 0.717) is 18.0 Å². The Morgan fingerprint density at radius 3 is 2.35 bits per heavy atom. The molecule has 5 heteroatoms. The zero-order chi connectivity index (χ0) is 16.3. The van der Waals surface area contributed by atoms with Crippen LogP contribution in [0.2, 0.25) is 0 Å². The van der Waals surface area contributed by atoms with Crippen molar-refractivity contribution in [3.63, 3.8) is 0 Å². The summed E-state index contributed by atoms with van der Waals surface area (Å²) in [5.41, 5.74) is 1.08. The molecular formula is C18H26N2O2S. The third-order valence-corrected chi connectivity index (χ3v) is 6.80. The van der Waals surface area contributed by atoms with Crippen LogP contribution < -0.4 is 0 Å². The number of hydrogen-bond donors (Lipinski definition) is 0. The first kappa shape index (κ1) is 16.7. The van der Waals surface area contributed by atoms with Crippen molar-refractivity contribution >= 4 is 10.0 Å². The number of sulfonamides is 1. The van der Waals surface area contributed by atoms with Crippen molar-refractivity contribution in [2.45, 2.75) is 31.1 Å². The van der Waals surface area contributed by atoms with Crippen molar-refractivity contribution in [1.82, 2.24) is 9.21 Å². The minimum absolute atomic E-state index is 0.411. The molecule has 0 aromatic heterocycles. The lowest BCUT2D eigenvalue weighted by Crippen LogP contribution is -2.49. The SMILES string of the molecule is Cc1ccc(S(=O)(=O)N2CCN(C[C@@H]3CC=CCC3)CC2)cc1. The Labute approximate surface area is 139 Å². The molecule has 126 valence electrons. The molecular weight excluding hydrogens is 308 g/mol. The van der Waals surface area contributed by atoms with Gasteiger partial charge in [0.2, 0.25) is 10.0 Å². The fourth-order valence-electron chi connectivity index (χ4n) is 3.40. The number of rotatable bonds is 4. The van der Waals surface area contributed by atoms with Gasteiger partial charge >= 0.3 is 0 Å². The zero-order valence-corrected chi connectivity index (χ0v) is 14.6. The van der Waals surface area contributed by atoms with Crippen LogP contribution in [-0.4, -0.2) is 50.3 Å². The number of nitrogens with zero attached hydrogens (tertiary/aromatic N) is 2. The van der Waals surface area contributed by atoms with E-state index in [9.17, 15) is 8.42 Å². The minimum Gasteiger partial charge on any atom is -0.300 e. The number of hydrogen-bond acceptors (Lipinski definition) is 3. The van der Waals surface area contributed by atoms with Gasteiger partial charge in [-0.3, -0.25) is 0 Å². The van der Waals surface area contributed by atoms with Gasteiger partial charge in [-0.1, -0.05) is 29.8 Å². The molecule has 0 bridgehead atoms.